The van der Waals surface area contributed by atoms with Crippen LogP contribution >= 0.6 is 11.1 Å². The van der Waals surface area contributed by atoms with Crippen LogP contribution in [-0.2, 0) is 0 Å². The second kappa shape index (κ2) is 9.44. The van der Waals surface area contributed by atoms with E-state index in [9.17, 15) is 0 Å². The quantitative estimate of drug-likeness (QED) is 0.256. The minimum atomic E-state index is -1.25. The first-order valence-electron chi connectivity index (χ1n) is 7.96. The average Bonchev–Trinajstić information content (AvgIpc) is 2.33. The van der Waals surface area contributed by atoms with Gasteiger partial charge in [0.05, 0.1) is 0 Å². The summed E-state index contributed by atoms with van der Waals surface area (Å²) in [5.74, 6) is 0. The molecule has 0 spiro atoms. The molecule has 2 heteroatoms. The fourth-order valence-electron chi connectivity index (χ4n) is 3.01. The van der Waals surface area contributed by atoms with Crippen LogP contribution in [0, 0.1) is 0 Å². The lowest BCUT2D eigenvalue weighted by Crippen LogP contribution is -2.29. The molecule has 1 aliphatic rings. The number of rotatable bonds is 9. The zero-order chi connectivity index (χ0) is 12.4. The molecule has 0 aliphatic carbocycles. The Balaban J connectivity index is 1.89. The normalized spacial score (nSPS) is 19.4. The predicted molar refractivity (Wildman–Crippen MR) is 82.5 cm³/mol. The van der Waals surface area contributed by atoms with E-state index >= 15 is 0 Å². The van der Waals surface area contributed by atoms with Crippen LogP contribution in [0.5, 0.6) is 0 Å². The van der Waals surface area contributed by atoms with Crippen molar-refractivity contribution in [3.05, 3.63) is 0 Å². The van der Waals surface area contributed by atoms with Crippen LogP contribution in [0.15, 0.2) is 0 Å². The van der Waals surface area contributed by atoms with Crippen LogP contribution in [0.3, 0.4) is 0 Å². The van der Waals surface area contributed by atoms with Gasteiger partial charge in [0.1, 0.15) is 0 Å². The Labute approximate surface area is 114 Å². The Morgan fingerprint density at radius 2 is 1.29 bits per heavy atom. The first-order chi connectivity index (χ1) is 8.27. The monoisotopic (exact) mass is 274 g/mol. The lowest BCUT2D eigenvalue weighted by atomic mass is 10.1. The molecular weight excluding hydrogens is 244 g/mol. The van der Waals surface area contributed by atoms with Gasteiger partial charge in [0.15, 0.2) is 7.38 Å². The van der Waals surface area contributed by atoms with E-state index in [1.807, 2.05) is 0 Å². The topological polar surface area (TPSA) is 0 Å². The van der Waals surface area contributed by atoms with Gasteiger partial charge in [-0.3, -0.25) is 0 Å². The molecule has 1 fully saturated rings. The van der Waals surface area contributed by atoms with Crippen LogP contribution in [0.2, 0.25) is 18.1 Å². The van der Waals surface area contributed by atoms with Crippen molar-refractivity contribution in [2.45, 2.75) is 95.7 Å². The molecule has 0 nitrogen and oxygen atoms in total. The highest BCUT2D eigenvalue weighted by atomic mass is 35.6. The van der Waals surface area contributed by atoms with Crippen molar-refractivity contribution in [3.63, 3.8) is 0 Å². The molecule has 0 atom stereocenters. The van der Waals surface area contributed by atoms with Gasteiger partial charge in [0.2, 0.25) is 0 Å². The SMILES string of the molecule is CCCCCCCCCC[Si]1(Cl)CCCCC1. The molecule has 1 rings (SSSR count). The van der Waals surface area contributed by atoms with Crippen LogP contribution in [0.25, 0.3) is 0 Å². The third-order valence-corrected chi connectivity index (χ3v) is 9.68. The second-order valence-electron chi connectivity index (χ2n) is 5.94. The third-order valence-electron chi connectivity index (χ3n) is 4.23. The number of halogens is 1. The molecule has 0 aromatic carbocycles. The van der Waals surface area contributed by atoms with E-state index in [1.165, 1.54) is 88.8 Å². The van der Waals surface area contributed by atoms with E-state index in [2.05, 4.69) is 6.92 Å². The Morgan fingerprint density at radius 1 is 0.765 bits per heavy atom. The maximum atomic E-state index is 6.80. The summed E-state index contributed by atoms with van der Waals surface area (Å²) in [4.78, 5) is 0. The zero-order valence-electron chi connectivity index (χ0n) is 11.8. The molecular formula is C15H31ClSi. The maximum Gasteiger partial charge on any atom is 0.156 e. The average molecular weight is 275 g/mol. The first-order valence-corrected chi connectivity index (χ1v) is 11.6. The van der Waals surface area contributed by atoms with Crippen molar-refractivity contribution in [1.29, 1.82) is 0 Å². The lowest BCUT2D eigenvalue weighted by Gasteiger charge is -2.28. The smallest absolute Gasteiger partial charge is 0.156 e. The Hall–Kier alpha value is 0.507. The summed E-state index contributed by atoms with van der Waals surface area (Å²) in [6.07, 6.45) is 15.7. The highest BCUT2D eigenvalue weighted by Gasteiger charge is 2.31. The van der Waals surface area contributed by atoms with Gasteiger partial charge in [-0.15, -0.1) is 0 Å². The molecule has 1 heterocycles. The van der Waals surface area contributed by atoms with Gasteiger partial charge in [-0.2, -0.15) is 11.1 Å². The third kappa shape index (κ3) is 7.51. The summed E-state index contributed by atoms with van der Waals surface area (Å²) in [5.41, 5.74) is 0. The van der Waals surface area contributed by atoms with E-state index in [0.717, 1.165) is 0 Å². The van der Waals surface area contributed by atoms with Gasteiger partial charge in [-0.05, 0) is 18.1 Å². The molecule has 0 bridgehead atoms. The largest absolute Gasteiger partial charge is 0.167 e. The van der Waals surface area contributed by atoms with Crippen LogP contribution in [-0.4, -0.2) is 7.38 Å². The van der Waals surface area contributed by atoms with Crippen LogP contribution in [0.1, 0.15) is 77.6 Å². The zero-order valence-corrected chi connectivity index (χ0v) is 13.5. The van der Waals surface area contributed by atoms with Gasteiger partial charge >= 0.3 is 0 Å². The summed E-state index contributed by atoms with van der Waals surface area (Å²) < 4.78 is 0. The molecule has 102 valence electrons. The summed E-state index contributed by atoms with van der Waals surface area (Å²) in [6.45, 7) is 2.29. The van der Waals surface area contributed by atoms with E-state index in [-0.39, 0.29) is 0 Å². The molecule has 0 radical (unpaired) electrons. The van der Waals surface area contributed by atoms with Crippen molar-refractivity contribution in [3.8, 4) is 0 Å². The number of hydrogen-bond acceptors (Lipinski definition) is 0. The molecule has 1 aliphatic heterocycles. The van der Waals surface area contributed by atoms with Crippen molar-refractivity contribution >= 4 is 18.5 Å². The summed E-state index contributed by atoms with van der Waals surface area (Å²) in [6, 6.07) is 4.22. The minimum absolute atomic E-state index is 1.25. The Kier molecular flexibility index (Phi) is 8.64. The summed E-state index contributed by atoms with van der Waals surface area (Å²) in [5, 5.41) is 0. The van der Waals surface area contributed by atoms with Gasteiger partial charge in [-0.1, -0.05) is 77.6 Å². The van der Waals surface area contributed by atoms with Gasteiger partial charge in [0, 0.05) is 0 Å². The highest BCUT2D eigenvalue weighted by molar-refractivity contribution is 7.20. The molecule has 17 heavy (non-hydrogen) atoms. The van der Waals surface area contributed by atoms with Crippen molar-refractivity contribution in [1.82, 2.24) is 0 Å². The van der Waals surface area contributed by atoms with Crippen molar-refractivity contribution < 1.29 is 0 Å². The van der Waals surface area contributed by atoms with E-state index < -0.39 is 7.38 Å². The lowest BCUT2D eigenvalue weighted by molar-refractivity contribution is 0.582. The maximum absolute atomic E-state index is 6.80. The molecule has 0 N–H and O–H groups in total. The summed E-state index contributed by atoms with van der Waals surface area (Å²) in [7, 11) is -1.25. The molecule has 1 saturated heterocycles. The van der Waals surface area contributed by atoms with Crippen LogP contribution in [0.4, 0.5) is 0 Å². The molecule has 0 unspecified atom stereocenters. The van der Waals surface area contributed by atoms with Gasteiger partial charge in [-0.25, -0.2) is 0 Å². The number of hydrogen-bond donors (Lipinski definition) is 0. The van der Waals surface area contributed by atoms with E-state index in [4.69, 9.17) is 11.1 Å². The van der Waals surface area contributed by atoms with Crippen LogP contribution < -0.4 is 0 Å². The fraction of sp³-hybridized carbons (Fsp3) is 1.00. The van der Waals surface area contributed by atoms with Gasteiger partial charge < -0.3 is 0 Å². The first kappa shape index (κ1) is 15.6. The predicted octanol–water partition coefficient (Wildman–Crippen LogP) is 6.50. The minimum Gasteiger partial charge on any atom is -0.167 e. The molecule has 0 amide bonds. The fourth-order valence-corrected chi connectivity index (χ4v) is 7.61. The second-order valence-corrected chi connectivity index (χ2v) is 12.1. The van der Waals surface area contributed by atoms with Gasteiger partial charge in [0.25, 0.3) is 0 Å². The Morgan fingerprint density at radius 3 is 1.88 bits per heavy atom. The van der Waals surface area contributed by atoms with E-state index in [0.29, 0.717) is 0 Å². The Bertz CT molecular complexity index is 176. The summed E-state index contributed by atoms with van der Waals surface area (Å²) >= 11 is 6.80. The number of unbranched alkanes of at least 4 members (excludes halogenated alkanes) is 7. The van der Waals surface area contributed by atoms with E-state index in [1.54, 1.807) is 0 Å². The van der Waals surface area contributed by atoms with Crippen molar-refractivity contribution in [2.24, 2.45) is 0 Å². The highest BCUT2D eigenvalue weighted by Crippen LogP contribution is 2.36. The molecule has 0 saturated carbocycles. The standard InChI is InChI=1S/C15H31ClSi/c1-2-3-4-5-6-7-8-10-13-17(16)14-11-9-12-15-17/h2-15H2,1H3. The molecule has 0 aromatic heterocycles. The van der Waals surface area contributed by atoms with Crippen molar-refractivity contribution in [2.75, 3.05) is 0 Å². The molecule has 0 aromatic rings.